The van der Waals surface area contributed by atoms with Crippen molar-refractivity contribution in [3.05, 3.63) is 27.9 Å². The molecule has 0 bridgehead atoms. The van der Waals surface area contributed by atoms with E-state index in [1.807, 2.05) is 0 Å². The molecule has 2 unspecified atom stereocenters. The number of amides is 1. The van der Waals surface area contributed by atoms with Crippen molar-refractivity contribution in [2.75, 3.05) is 13.6 Å². The fourth-order valence-electron chi connectivity index (χ4n) is 3.20. The summed E-state index contributed by atoms with van der Waals surface area (Å²) < 4.78 is 1.33. The van der Waals surface area contributed by atoms with E-state index in [0.29, 0.717) is 18.2 Å². The summed E-state index contributed by atoms with van der Waals surface area (Å²) in [5, 5.41) is 10.9. The molecule has 2 N–H and O–H groups in total. The summed E-state index contributed by atoms with van der Waals surface area (Å²) in [6.45, 7) is 0.565. The van der Waals surface area contributed by atoms with Gasteiger partial charge in [0.2, 0.25) is 0 Å². The van der Waals surface area contributed by atoms with Crippen molar-refractivity contribution in [1.29, 1.82) is 0 Å². The van der Waals surface area contributed by atoms with Gasteiger partial charge in [-0.3, -0.25) is 4.79 Å². The molecule has 1 aromatic heterocycles. The van der Waals surface area contributed by atoms with Gasteiger partial charge in [0, 0.05) is 19.2 Å². The first-order valence-corrected chi connectivity index (χ1v) is 7.24. The Morgan fingerprint density at radius 3 is 2.71 bits per heavy atom. The van der Waals surface area contributed by atoms with Crippen LogP contribution in [0.25, 0.3) is 0 Å². The number of nitro groups is 1. The highest BCUT2D eigenvalue weighted by atomic mass is 16.6. The molecule has 0 radical (unpaired) electrons. The molecule has 1 saturated carbocycles. The lowest BCUT2D eigenvalue weighted by atomic mass is 9.83. The van der Waals surface area contributed by atoms with Gasteiger partial charge in [-0.15, -0.1) is 0 Å². The molecule has 1 fully saturated rings. The number of carbonyl (C=O) groups is 1. The van der Waals surface area contributed by atoms with E-state index in [-0.39, 0.29) is 17.8 Å². The van der Waals surface area contributed by atoms with Crippen LogP contribution in [0, 0.1) is 16.0 Å². The summed E-state index contributed by atoms with van der Waals surface area (Å²) in [6, 6.07) is 2.99. The molecule has 2 rings (SSSR count). The molecule has 7 heteroatoms. The molecule has 116 valence electrons. The zero-order chi connectivity index (χ0) is 15.6. The highest BCUT2D eigenvalue weighted by molar-refractivity contribution is 5.93. The maximum atomic E-state index is 12.6. The first kappa shape index (κ1) is 15.5. The summed E-state index contributed by atoms with van der Waals surface area (Å²) in [4.78, 5) is 24.7. The Kier molecular flexibility index (Phi) is 4.62. The van der Waals surface area contributed by atoms with Crippen LogP contribution in [0.2, 0.25) is 0 Å². The average Bonchev–Trinajstić information content (AvgIpc) is 2.87. The molecule has 0 aliphatic heterocycles. The van der Waals surface area contributed by atoms with Gasteiger partial charge in [0.1, 0.15) is 0 Å². The number of aromatic nitrogens is 1. The smallest absolute Gasteiger partial charge is 0.323 e. The minimum Gasteiger partial charge on any atom is -0.358 e. The molecule has 1 heterocycles. The van der Waals surface area contributed by atoms with Gasteiger partial charge in [0.05, 0.1) is 7.05 Å². The number of nitrogens with two attached hydrogens (primary N) is 1. The minimum absolute atomic E-state index is 0.0780. The summed E-state index contributed by atoms with van der Waals surface area (Å²) in [6.07, 6.45) is 4.21. The molecule has 21 heavy (non-hydrogen) atoms. The molecule has 2 atom stereocenters. The third kappa shape index (κ3) is 2.92. The highest BCUT2D eigenvalue weighted by Gasteiger charge is 2.33. The molecular weight excluding hydrogens is 272 g/mol. The summed E-state index contributed by atoms with van der Waals surface area (Å²) in [5.74, 6) is 0.0460. The lowest BCUT2D eigenvalue weighted by Gasteiger charge is -2.37. The fraction of sp³-hybridized carbons (Fsp3) is 0.643. The van der Waals surface area contributed by atoms with Crippen molar-refractivity contribution in [3.63, 3.8) is 0 Å². The van der Waals surface area contributed by atoms with Crippen LogP contribution >= 0.6 is 0 Å². The molecule has 0 saturated heterocycles. The van der Waals surface area contributed by atoms with E-state index in [2.05, 4.69) is 0 Å². The quantitative estimate of drug-likeness (QED) is 0.673. The Hall–Kier alpha value is -1.89. The molecule has 7 nitrogen and oxygen atoms in total. The van der Waals surface area contributed by atoms with Crippen LogP contribution in [0.5, 0.6) is 0 Å². The Morgan fingerprint density at radius 2 is 2.14 bits per heavy atom. The van der Waals surface area contributed by atoms with Gasteiger partial charge in [-0.25, -0.2) is 4.57 Å². The van der Waals surface area contributed by atoms with Crippen molar-refractivity contribution < 1.29 is 9.72 Å². The van der Waals surface area contributed by atoms with Crippen LogP contribution in [0.15, 0.2) is 12.1 Å². The second-order valence-corrected chi connectivity index (χ2v) is 5.66. The Labute approximate surface area is 123 Å². The third-order valence-corrected chi connectivity index (χ3v) is 4.49. The van der Waals surface area contributed by atoms with Crippen molar-refractivity contribution in [1.82, 2.24) is 9.47 Å². The maximum absolute atomic E-state index is 12.6. The van der Waals surface area contributed by atoms with E-state index in [1.54, 1.807) is 19.0 Å². The summed E-state index contributed by atoms with van der Waals surface area (Å²) in [7, 11) is 3.31. The van der Waals surface area contributed by atoms with Crippen molar-refractivity contribution in [2.24, 2.45) is 18.7 Å². The standard InChI is InChI=1S/C14H22N4O3/c1-16-12(7-8-13(16)18(20)21)14(19)17(2)11-6-4-3-5-10(11)9-15/h7-8,10-11H,3-6,9,15H2,1-2H3. The third-order valence-electron chi connectivity index (χ3n) is 4.49. The van der Waals surface area contributed by atoms with Crippen LogP contribution < -0.4 is 5.73 Å². The normalized spacial score (nSPS) is 22.0. The SMILES string of the molecule is CN(C(=O)c1ccc([N+](=O)[O-])n1C)C1CCCCC1CN. The van der Waals surface area contributed by atoms with Crippen LogP contribution in [-0.4, -0.2) is 39.9 Å². The van der Waals surface area contributed by atoms with E-state index in [0.717, 1.165) is 25.7 Å². The number of rotatable bonds is 4. The van der Waals surface area contributed by atoms with Gasteiger partial charge >= 0.3 is 5.82 Å². The van der Waals surface area contributed by atoms with E-state index in [1.165, 1.54) is 16.7 Å². The largest absolute Gasteiger partial charge is 0.358 e. The number of carbonyl (C=O) groups excluding carboxylic acids is 1. The number of hydrogen-bond acceptors (Lipinski definition) is 4. The average molecular weight is 294 g/mol. The molecule has 1 aliphatic carbocycles. The van der Waals surface area contributed by atoms with Gasteiger partial charge in [0.25, 0.3) is 5.91 Å². The second kappa shape index (κ2) is 6.26. The van der Waals surface area contributed by atoms with Gasteiger partial charge in [-0.05, 0) is 36.3 Å². The Morgan fingerprint density at radius 1 is 1.48 bits per heavy atom. The van der Waals surface area contributed by atoms with Crippen molar-refractivity contribution in [3.8, 4) is 0 Å². The number of nitrogens with zero attached hydrogens (tertiary/aromatic N) is 3. The lowest BCUT2D eigenvalue weighted by molar-refractivity contribution is -0.391. The van der Waals surface area contributed by atoms with Crippen LogP contribution in [-0.2, 0) is 7.05 Å². The zero-order valence-corrected chi connectivity index (χ0v) is 12.5. The van der Waals surface area contributed by atoms with Gasteiger partial charge < -0.3 is 20.7 Å². The molecule has 1 amide bonds. The van der Waals surface area contributed by atoms with Gasteiger partial charge in [0.15, 0.2) is 5.69 Å². The first-order chi connectivity index (χ1) is 9.97. The molecular formula is C14H22N4O3. The molecule has 1 aliphatic rings. The van der Waals surface area contributed by atoms with E-state index in [4.69, 9.17) is 5.73 Å². The predicted molar refractivity (Wildman–Crippen MR) is 79.0 cm³/mol. The van der Waals surface area contributed by atoms with Crippen LogP contribution in [0.4, 0.5) is 5.82 Å². The first-order valence-electron chi connectivity index (χ1n) is 7.24. The van der Waals surface area contributed by atoms with Crippen molar-refractivity contribution in [2.45, 2.75) is 31.7 Å². The summed E-state index contributed by atoms with van der Waals surface area (Å²) >= 11 is 0. The fourth-order valence-corrected chi connectivity index (χ4v) is 3.20. The summed E-state index contributed by atoms with van der Waals surface area (Å²) in [5.41, 5.74) is 6.15. The lowest BCUT2D eigenvalue weighted by Crippen LogP contribution is -2.46. The van der Waals surface area contributed by atoms with E-state index >= 15 is 0 Å². The Bertz CT molecular complexity index is 540. The highest BCUT2D eigenvalue weighted by Crippen LogP contribution is 2.28. The number of hydrogen-bond donors (Lipinski definition) is 1. The zero-order valence-electron chi connectivity index (χ0n) is 12.5. The molecule has 0 spiro atoms. The monoisotopic (exact) mass is 294 g/mol. The Balaban J connectivity index is 2.20. The van der Waals surface area contributed by atoms with Crippen molar-refractivity contribution >= 4 is 11.7 Å². The predicted octanol–water partition coefficient (Wildman–Crippen LogP) is 1.52. The minimum atomic E-state index is -0.486. The second-order valence-electron chi connectivity index (χ2n) is 5.66. The maximum Gasteiger partial charge on any atom is 0.323 e. The topological polar surface area (TPSA) is 94.4 Å². The van der Waals surface area contributed by atoms with Crippen LogP contribution in [0.3, 0.4) is 0 Å². The van der Waals surface area contributed by atoms with Gasteiger partial charge in [-0.2, -0.15) is 0 Å². The van der Waals surface area contributed by atoms with E-state index in [9.17, 15) is 14.9 Å². The van der Waals surface area contributed by atoms with Gasteiger partial charge in [-0.1, -0.05) is 12.8 Å². The van der Waals surface area contributed by atoms with E-state index < -0.39 is 4.92 Å². The van der Waals surface area contributed by atoms with Crippen LogP contribution in [0.1, 0.15) is 36.2 Å². The molecule has 1 aromatic rings. The molecule has 0 aromatic carbocycles.